The third-order valence-electron chi connectivity index (χ3n) is 8.32. The molecule has 0 aliphatic heterocycles. The first-order valence-corrected chi connectivity index (χ1v) is 15.2. The zero-order valence-corrected chi connectivity index (χ0v) is 25.1. The standard InChI is InChI=1S/C44H28N2/c45-29-31-22-41(33-12-5-2-6-13-33)28-42(23-31)38-18-8-16-36(25-38)35-15-7-17-37(24-35)39-20-21-44(43(27-39)30-46)40-19-9-14-34(26-40)32-10-3-1-4-11-32/h1-28H. The Morgan fingerprint density at radius 3 is 1.22 bits per heavy atom. The highest BCUT2D eigenvalue weighted by molar-refractivity contribution is 5.82. The first-order valence-electron chi connectivity index (χ1n) is 15.2. The van der Waals surface area contributed by atoms with Gasteiger partial charge in [0, 0.05) is 0 Å². The van der Waals surface area contributed by atoms with Crippen molar-refractivity contribution in [1.29, 1.82) is 10.5 Å². The molecular formula is C44H28N2. The van der Waals surface area contributed by atoms with Gasteiger partial charge in [-0.05, 0) is 109 Å². The van der Waals surface area contributed by atoms with Gasteiger partial charge >= 0.3 is 0 Å². The monoisotopic (exact) mass is 584 g/mol. The zero-order chi connectivity index (χ0) is 31.3. The lowest BCUT2D eigenvalue weighted by Gasteiger charge is -2.12. The summed E-state index contributed by atoms with van der Waals surface area (Å²) in [6.45, 7) is 0. The second-order valence-electron chi connectivity index (χ2n) is 11.3. The van der Waals surface area contributed by atoms with E-state index < -0.39 is 0 Å². The van der Waals surface area contributed by atoms with Gasteiger partial charge in [-0.25, -0.2) is 0 Å². The van der Waals surface area contributed by atoms with Gasteiger partial charge in [-0.15, -0.1) is 0 Å². The van der Waals surface area contributed by atoms with Crippen LogP contribution in [0.1, 0.15) is 11.1 Å². The van der Waals surface area contributed by atoms with Crippen molar-refractivity contribution in [2.45, 2.75) is 0 Å². The van der Waals surface area contributed by atoms with Crippen molar-refractivity contribution in [3.8, 4) is 78.9 Å². The Hall–Kier alpha value is -6.48. The summed E-state index contributed by atoms with van der Waals surface area (Å²) in [6.07, 6.45) is 0. The van der Waals surface area contributed by atoms with Gasteiger partial charge in [-0.1, -0.05) is 127 Å². The summed E-state index contributed by atoms with van der Waals surface area (Å²) in [6, 6.07) is 62.6. The predicted octanol–water partition coefficient (Wildman–Crippen LogP) is 11.4. The van der Waals surface area contributed by atoms with E-state index in [-0.39, 0.29) is 0 Å². The molecule has 7 aromatic carbocycles. The lowest BCUT2D eigenvalue weighted by molar-refractivity contribution is 1.47. The summed E-state index contributed by atoms with van der Waals surface area (Å²) in [7, 11) is 0. The first kappa shape index (κ1) is 28.3. The molecule has 0 spiro atoms. The van der Waals surface area contributed by atoms with Crippen LogP contribution in [0.3, 0.4) is 0 Å². The van der Waals surface area contributed by atoms with E-state index in [2.05, 4.69) is 121 Å². The molecule has 0 fully saturated rings. The molecular weight excluding hydrogens is 556 g/mol. The van der Waals surface area contributed by atoms with E-state index in [1.165, 1.54) is 0 Å². The van der Waals surface area contributed by atoms with Gasteiger partial charge in [0.15, 0.2) is 0 Å². The van der Waals surface area contributed by atoms with Gasteiger partial charge < -0.3 is 0 Å². The summed E-state index contributed by atoms with van der Waals surface area (Å²) >= 11 is 0. The van der Waals surface area contributed by atoms with E-state index in [9.17, 15) is 10.5 Å². The second kappa shape index (κ2) is 12.6. The molecule has 0 saturated carbocycles. The van der Waals surface area contributed by atoms with Crippen LogP contribution in [0, 0.1) is 22.7 Å². The summed E-state index contributed by atoms with van der Waals surface area (Å²) in [4.78, 5) is 0. The predicted molar refractivity (Wildman–Crippen MR) is 188 cm³/mol. The average molecular weight is 585 g/mol. The number of rotatable bonds is 6. The summed E-state index contributed by atoms with van der Waals surface area (Å²) in [5, 5.41) is 19.9. The van der Waals surface area contributed by atoms with E-state index in [0.29, 0.717) is 11.1 Å². The molecule has 0 atom stereocenters. The van der Waals surface area contributed by atoms with Gasteiger partial charge in [-0.3, -0.25) is 0 Å². The largest absolute Gasteiger partial charge is 0.192 e. The molecule has 0 unspecified atom stereocenters. The molecule has 0 aliphatic rings. The van der Waals surface area contributed by atoms with Crippen LogP contribution >= 0.6 is 0 Å². The highest BCUT2D eigenvalue weighted by Crippen LogP contribution is 2.35. The van der Waals surface area contributed by atoms with E-state index >= 15 is 0 Å². The molecule has 214 valence electrons. The minimum atomic E-state index is 0.632. The van der Waals surface area contributed by atoms with Crippen LogP contribution in [0.5, 0.6) is 0 Å². The van der Waals surface area contributed by atoms with Crippen molar-refractivity contribution in [1.82, 2.24) is 0 Å². The van der Waals surface area contributed by atoms with Crippen LogP contribution in [0.4, 0.5) is 0 Å². The summed E-state index contributed by atoms with van der Waals surface area (Å²) in [5.41, 5.74) is 13.8. The van der Waals surface area contributed by atoms with E-state index in [4.69, 9.17) is 0 Å². The molecule has 0 saturated heterocycles. The Morgan fingerprint density at radius 2 is 0.674 bits per heavy atom. The van der Waals surface area contributed by atoms with Crippen molar-refractivity contribution in [3.05, 3.63) is 181 Å². The quantitative estimate of drug-likeness (QED) is 0.195. The van der Waals surface area contributed by atoms with Crippen molar-refractivity contribution >= 4 is 0 Å². The molecule has 2 nitrogen and oxygen atoms in total. The maximum absolute atomic E-state index is 10.2. The molecule has 7 rings (SSSR count). The SMILES string of the molecule is N#Cc1cc(-c2ccccc2)cc(-c2cccc(-c3cccc(-c4ccc(-c5cccc(-c6ccccc6)c5)c(C#N)c4)c3)c2)c1. The van der Waals surface area contributed by atoms with Crippen molar-refractivity contribution in [3.63, 3.8) is 0 Å². The van der Waals surface area contributed by atoms with Crippen molar-refractivity contribution in [2.24, 2.45) is 0 Å². The molecule has 0 bridgehead atoms. The zero-order valence-electron chi connectivity index (χ0n) is 25.1. The number of hydrogen-bond donors (Lipinski definition) is 0. The fraction of sp³-hybridized carbons (Fsp3) is 0. The fourth-order valence-electron chi connectivity index (χ4n) is 5.98. The Kier molecular flexibility index (Phi) is 7.77. The average Bonchev–Trinajstić information content (AvgIpc) is 3.15. The van der Waals surface area contributed by atoms with Crippen LogP contribution in [-0.2, 0) is 0 Å². The molecule has 2 heteroatoms. The van der Waals surface area contributed by atoms with E-state index in [1.54, 1.807) is 0 Å². The smallest absolute Gasteiger partial charge is 0.0998 e. The third-order valence-corrected chi connectivity index (χ3v) is 8.32. The second-order valence-corrected chi connectivity index (χ2v) is 11.3. The molecule has 0 amide bonds. The molecule has 0 heterocycles. The number of nitrogens with zero attached hydrogens (tertiary/aromatic N) is 2. The van der Waals surface area contributed by atoms with Gasteiger partial charge in [0.25, 0.3) is 0 Å². The van der Waals surface area contributed by atoms with Crippen LogP contribution in [0.25, 0.3) is 66.8 Å². The number of benzene rings is 7. The van der Waals surface area contributed by atoms with Crippen molar-refractivity contribution in [2.75, 3.05) is 0 Å². The number of hydrogen-bond acceptors (Lipinski definition) is 2. The van der Waals surface area contributed by atoms with Crippen LogP contribution in [0.2, 0.25) is 0 Å². The van der Waals surface area contributed by atoms with Crippen LogP contribution in [0.15, 0.2) is 170 Å². The molecule has 7 aromatic rings. The molecule has 0 N–H and O–H groups in total. The maximum atomic E-state index is 10.2. The van der Waals surface area contributed by atoms with Gasteiger partial charge in [0.2, 0.25) is 0 Å². The van der Waals surface area contributed by atoms with Crippen molar-refractivity contribution < 1.29 is 0 Å². The number of nitriles is 2. The molecule has 0 aliphatic carbocycles. The first-order chi connectivity index (χ1) is 22.7. The lowest BCUT2D eigenvalue weighted by Crippen LogP contribution is -1.89. The Labute approximate surface area is 269 Å². The normalized spacial score (nSPS) is 10.6. The van der Waals surface area contributed by atoms with Crippen LogP contribution in [-0.4, -0.2) is 0 Å². The Bertz CT molecular complexity index is 2270. The highest BCUT2D eigenvalue weighted by Gasteiger charge is 2.11. The van der Waals surface area contributed by atoms with E-state index in [1.807, 2.05) is 60.7 Å². The van der Waals surface area contributed by atoms with Gasteiger partial charge in [0.1, 0.15) is 0 Å². The molecule has 0 aromatic heterocycles. The summed E-state index contributed by atoms with van der Waals surface area (Å²) < 4.78 is 0. The Morgan fingerprint density at radius 1 is 0.283 bits per heavy atom. The minimum Gasteiger partial charge on any atom is -0.192 e. The Balaban J connectivity index is 1.22. The van der Waals surface area contributed by atoms with Gasteiger partial charge in [-0.2, -0.15) is 10.5 Å². The maximum Gasteiger partial charge on any atom is 0.0998 e. The topological polar surface area (TPSA) is 47.6 Å². The third kappa shape index (κ3) is 5.85. The molecule has 0 radical (unpaired) electrons. The highest BCUT2D eigenvalue weighted by atomic mass is 14.3. The van der Waals surface area contributed by atoms with Gasteiger partial charge in [0.05, 0.1) is 23.3 Å². The van der Waals surface area contributed by atoms with E-state index in [0.717, 1.165) is 66.8 Å². The fourth-order valence-corrected chi connectivity index (χ4v) is 5.98. The van der Waals surface area contributed by atoms with Crippen LogP contribution < -0.4 is 0 Å². The molecule has 46 heavy (non-hydrogen) atoms. The minimum absolute atomic E-state index is 0.632. The lowest BCUT2D eigenvalue weighted by atomic mass is 9.92. The summed E-state index contributed by atoms with van der Waals surface area (Å²) in [5.74, 6) is 0.